The second-order valence-electron chi connectivity index (χ2n) is 4.47. The Kier molecular flexibility index (Phi) is 3.89. The number of nitrogens with zero attached hydrogens (tertiary/aromatic N) is 2. The van der Waals surface area contributed by atoms with Gasteiger partial charge < -0.3 is 15.2 Å². The maximum Gasteiger partial charge on any atom is 0.270 e. The molecule has 4 nitrogen and oxygen atoms in total. The quantitative estimate of drug-likeness (QED) is 0.923. The Bertz CT molecular complexity index is 416. The normalized spacial score (nSPS) is 19.9. The molecule has 17 heavy (non-hydrogen) atoms. The molecule has 0 aromatic carbocycles. The molecule has 0 aliphatic carbocycles. The van der Waals surface area contributed by atoms with Crippen molar-refractivity contribution >= 4 is 21.8 Å². The third-order valence-corrected chi connectivity index (χ3v) is 3.76. The molecule has 0 spiro atoms. The molecule has 1 atom stereocenters. The van der Waals surface area contributed by atoms with Gasteiger partial charge in [-0.2, -0.15) is 0 Å². The summed E-state index contributed by atoms with van der Waals surface area (Å²) in [4.78, 5) is 14.3. The highest BCUT2D eigenvalue weighted by Gasteiger charge is 2.27. The van der Waals surface area contributed by atoms with Gasteiger partial charge in [-0.3, -0.25) is 4.79 Å². The maximum atomic E-state index is 12.3. The van der Waals surface area contributed by atoms with Crippen molar-refractivity contribution in [3.8, 4) is 0 Å². The molecule has 1 aromatic rings. The number of amides is 1. The lowest BCUT2D eigenvalue weighted by Crippen LogP contribution is -2.31. The Morgan fingerprint density at radius 2 is 2.41 bits per heavy atom. The minimum atomic E-state index is 0.119. The van der Waals surface area contributed by atoms with Crippen LogP contribution in [0.5, 0.6) is 0 Å². The monoisotopic (exact) mass is 299 g/mol. The van der Waals surface area contributed by atoms with E-state index in [0.29, 0.717) is 12.5 Å². The highest BCUT2D eigenvalue weighted by atomic mass is 79.9. The molecule has 94 valence electrons. The molecule has 1 saturated heterocycles. The van der Waals surface area contributed by atoms with E-state index in [1.54, 1.807) is 0 Å². The number of rotatable bonds is 3. The summed E-state index contributed by atoms with van der Waals surface area (Å²) in [5.74, 6) is 0.584. The van der Waals surface area contributed by atoms with Crippen molar-refractivity contribution in [2.24, 2.45) is 11.7 Å². The van der Waals surface area contributed by atoms with Crippen LogP contribution in [0.15, 0.2) is 16.7 Å². The Labute approximate surface area is 110 Å². The summed E-state index contributed by atoms with van der Waals surface area (Å²) in [5.41, 5.74) is 6.41. The first-order valence-electron chi connectivity index (χ1n) is 6.00. The lowest BCUT2D eigenvalue weighted by Gasteiger charge is -2.17. The topological polar surface area (TPSA) is 51.3 Å². The van der Waals surface area contributed by atoms with Crippen LogP contribution in [0.2, 0.25) is 0 Å². The number of hydrogen-bond donors (Lipinski definition) is 1. The van der Waals surface area contributed by atoms with Crippen molar-refractivity contribution in [1.82, 2.24) is 9.47 Å². The van der Waals surface area contributed by atoms with Crippen LogP contribution in [0.4, 0.5) is 0 Å². The number of hydrogen-bond acceptors (Lipinski definition) is 2. The van der Waals surface area contributed by atoms with Crippen LogP contribution in [-0.2, 0) is 6.54 Å². The van der Waals surface area contributed by atoms with Crippen molar-refractivity contribution in [3.05, 3.63) is 22.4 Å². The van der Waals surface area contributed by atoms with E-state index in [2.05, 4.69) is 15.9 Å². The van der Waals surface area contributed by atoms with Gasteiger partial charge in [0, 0.05) is 30.3 Å². The first-order valence-corrected chi connectivity index (χ1v) is 6.80. The van der Waals surface area contributed by atoms with E-state index in [1.165, 1.54) is 0 Å². The molecule has 1 amide bonds. The average molecular weight is 300 g/mol. The molecule has 1 aromatic heterocycles. The second kappa shape index (κ2) is 5.23. The van der Waals surface area contributed by atoms with Crippen molar-refractivity contribution in [3.63, 3.8) is 0 Å². The van der Waals surface area contributed by atoms with Crippen molar-refractivity contribution in [1.29, 1.82) is 0 Å². The highest BCUT2D eigenvalue weighted by Crippen LogP contribution is 2.21. The van der Waals surface area contributed by atoms with Gasteiger partial charge in [0.25, 0.3) is 5.91 Å². The average Bonchev–Trinajstić information content (AvgIpc) is 2.93. The van der Waals surface area contributed by atoms with Crippen LogP contribution in [0, 0.1) is 5.92 Å². The third kappa shape index (κ3) is 2.55. The fourth-order valence-corrected chi connectivity index (χ4v) is 2.75. The van der Waals surface area contributed by atoms with E-state index >= 15 is 0 Å². The van der Waals surface area contributed by atoms with E-state index in [4.69, 9.17) is 5.73 Å². The lowest BCUT2D eigenvalue weighted by atomic mass is 10.1. The number of halogens is 1. The molecule has 2 N–H and O–H groups in total. The molecule has 2 rings (SSSR count). The van der Waals surface area contributed by atoms with Gasteiger partial charge in [0.1, 0.15) is 5.69 Å². The van der Waals surface area contributed by atoms with Gasteiger partial charge in [-0.1, -0.05) is 0 Å². The van der Waals surface area contributed by atoms with Gasteiger partial charge >= 0.3 is 0 Å². The van der Waals surface area contributed by atoms with Crippen LogP contribution in [0.3, 0.4) is 0 Å². The van der Waals surface area contributed by atoms with Gasteiger partial charge in [0.15, 0.2) is 0 Å². The zero-order valence-electron chi connectivity index (χ0n) is 10.0. The standard InChI is InChI=1S/C12H18BrN3O/c1-2-15-8-10(13)5-11(15)12(17)16-4-3-9(6-14)7-16/h5,8-9H,2-4,6-7,14H2,1H3. The molecule has 0 radical (unpaired) electrons. The molecular weight excluding hydrogens is 282 g/mol. The molecule has 1 aliphatic heterocycles. The summed E-state index contributed by atoms with van der Waals surface area (Å²) in [7, 11) is 0. The predicted molar refractivity (Wildman–Crippen MR) is 70.9 cm³/mol. The van der Waals surface area contributed by atoms with E-state index in [1.807, 2.05) is 28.7 Å². The Morgan fingerprint density at radius 3 is 3.00 bits per heavy atom. The van der Waals surface area contributed by atoms with E-state index in [9.17, 15) is 4.79 Å². The number of likely N-dealkylation sites (tertiary alicyclic amines) is 1. The molecular formula is C12H18BrN3O. The first kappa shape index (κ1) is 12.6. The van der Waals surface area contributed by atoms with E-state index in [0.717, 1.165) is 36.2 Å². The summed E-state index contributed by atoms with van der Waals surface area (Å²) in [6.45, 7) is 5.13. The van der Waals surface area contributed by atoms with Gasteiger partial charge in [0.05, 0.1) is 0 Å². The highest BCUT2D eigenvalue weighted by molar-refractivity contribution is 9.10. The Balaban J connectivity index is 2.14. The van der Waals surface area contributed by atoms with Crippen LogP contribution >= 0.6 is 15.9 Å². The van der Waals surface area contributed by atoms with Crippen molar-refractivity contribution < 1.29 is 4.79 Å². The molecule has 0 bridgehead atoms. The maximum absolute atomic E-state index is 12.3. The van der Waals surface area contributed by atoms with Crippen LogP contribution in [0.1, 0.15) is 23.8 Å². The minimum Gasteiger partial charge on any atom is -0.343 e. The molecule has 0 saturated carbocycles. The number of nitrogens with two attached hydrogens (primary N) is 1. The Morgan fingerprint density at radius 1 is 1.65 bits per heavy atom. The van der Waals surface area contributed by atoms with E-state index in [-0.39, 0.29) is 5.91 Å². The fraction of sp³-hybridized carbons (Fsp3) is 0.583. The third-order valence-electron chi connectivity index (χ3n) is 3.33. The fourth-order valence-electron chi connectivity index (χ4n) is 2.29. The van der Waals surface area contributed by atoms with Gasteiger partial charge in [0.2, 0.25) is 0 Å². The zero-order chi connectivity index (χ0) is 12.4. The minimum absolute atomic E-state index is 0.119. The molecule has 2 heterocycles. The van der Waals surface area contributed by atoms with Crippen molar-refractivity contribution in [2.75, 3.05) is 19.6 Å². The summed E-state index contributed by atoms with van der Waals surface area (Å²) >= 11 is 3.41. The van der Waals surface area contributed by atoms with Gasteiger partial charge in [-0.15, -0.1) is 0 Å². The summed E-state index contributed by atoms with van der Waals surface area (Å²) in [5, 5.41) is 0. The lowest BCUT2D eigenvalue weighted by molar-refractivity contribution is 0.0777. The molecule has 5 heteroatoms. The summed E-state index contributed by atoms with van der Waals surface area (Å²) in [6.07, 6.45) is 2.97. The molecule has 1 unspecified atom stereocenters. The van der Waals surface area contributed by atoms with Gasteiger partial charge in [-0.05, 0) is 47.8 Å². The van der Waals surface area contributed by atoms with Crippen LogP contribution in [0.25, 0.3) is 0 Å². The van der Waals surface area contributed by atoms with Gasteiger partial charge in [-0.25, -0.2) is 0 Å². The van der Waals surface area contributed by atoms with Crippen molar-refractivity contribution in [2.45, 2.75) is 19.9 Å². The first-order chi connectivity index (χ1) is 8.15. The zero-order valence-corrected chi connectivity index (χ0v) is 11.6. The summed E-state index contributed by atoms with van der Waals surface area (Å²) < 4.78 is 2.93. The van der Waals surface area contributed by atoms with Crippen LogP contribution < -0.4 is 5.73 Å². The summed E-state index contributed by atoms with van der Waals surface area (Å²) in [6, 6.07) is 1.89. The molecule has 1 fully saturated rings. The van der Waals surface area contributed by atoms with E-state index < -0.39 is 0 Å². The predicted octanol–water partition coefficient (Wildman–Crippen LogP) is 1.69. The second-order valence-corrected chi connectivity index (χ2v) is 5.39. The number of aromatic nitrogens is 1. The number of carbonyl (C=O) groups excluding carboxylic acids is 1. The Hall–Kier alpha value is -0.810. The molecule has 1 aliphatic rings. The number of aryl methyl sites for hydroxylation is 1. The smallest absolute Gasteiger partial charge is 0.270 e. The largest absolute Gasteiger partial charge is 0.343 e. The number of carbonyl (C=O) groups is 1. The SMILES string of the molecule is CCn1cc(Br)cc1C(=O)N1CCC(CN)C1. The van der Waals surface area contributed by atoms with Crippen LogP contribution in [-0.4, -0.2) is 35.0 Å².